The third kappa shape index (κ3) is 2.35. The van der Waals surface area contributed by atoms with E-state index in [4.69, 9.17) is 4.74 Å². The quantitative estimate of drug-likeness (QED) is 0.695. The van der Waals surface area contributed by atoms with Gasteiger partial charge in [0.1, 0.15) is 0 Å². The van der Waals surface area contributed by atoms with E-state index in [1.165, 1.54) is 15.5 Å². The van der Waals surface area contributed by atoms with Crippen LogP contribution in [0, 0.1) is 0 Å². The van der Waals surface area contributed by atoms with Crippen molar-refractivity contribution in [3.63, 3.8) is 0 Å². The van der Waals surface area contributed by atoms with E-state index in [2.05, 4.69) is 0 Å². The van der Waals surface area contributed by atoms with Crippen LogP contribution in [0.4, 0.5) is 0 Å². The lowest BCUT2D eigenvalue weighted by Crippen LogP contribution is -2.17. The summed E-state index contributed by atoms with van der Waals surface area (Å²) in [5.74, 6) is -0.435. The van der Waals surface area contributed by atoms with Gasteiger partial charge >= 0.3 is 5.97 Å². The Kier molecular flexibility index (Phi) is 3.35. The van der Waals surface area contributed by atoms with Gasteiger partial charge < -0.3 is 4.74 Å². The zero-order chi connectivity index (χ0) is 13.9. The number of fused-ring (bicyclic) bond motifs is 1. The number of esters is 1. The maximum Gasteiger partial charge on any atom is 0.339 e. The average Bonchev–Trinajstić information content (AvgIpc) is 2.83. The Morgan fingerprint density at radius 3 is 2.50 bits per heavy atom. The molecular weight excluding hydrogens is 274 g/mol. The summed E-state index contributed by atoms with van der Waals surface area (Å²) < 4.78 is 7.48. The number of nitrogens with zero attached hydrogens (tertiary/aromatic N) is 1. The summed E-state index contributed by atoms with van der Waals surface area (Å²) in [5.41, 5.74) is 0.341. The Hall–Kier alpha value is -2.40. The second-order valence-corrected chi connectivity index (χ2v) is 5.26. The van der Waals surface area contributed by atoms with Gasteiger partial charge in [-0.3, -0.25) is 4.79 Å². The molecule has 100 valence electrons. The SMILES string of the molecule is O=C(OCn1sc2ccccc2c1=O)c1ccccc1. The van der Waals surface area contributed by atoms with Crippen molar-refractivity contribution < 1.29 is 9.53 Å². The molecule has 0 fully saturated rings. The fraction of sp³-hybridized carbons (Fsp3) is 0.0667. The van der Waals surface area contributed by atoms with E-state index in [-0.39, 0.29) is 12.3 Å². The first kappa shape index (κ1) is 12.6. The molecule has 3 rings (SSSR count). The van der Waals surface area contributed by atoms with Gasteiger partial charge in [-0.05, 0) is 24.3 Å². The first-order valence-corrected chi connectivity index (χ1v) is 6.84. The van der Waals surface area contributed by atoms with Gasteiger partial charge in [-0.15, -0.1) is 0 Å². The molecule has 5 heteroatoms. The van der Waals surface area contributed by atoms with E-state index < -0.39 is 5.97 Å². The molecule has 0 spiro atoms. The lowest BCUT2D eigenvalue weighted by atomic mass is 10.2. The second kappa shape index (κ2) is 5.30. The van der Waals surface area contributed by atoms with E-state index in [0.29, 0.717) is 10.9 Å². The summed E-state index contributed by atoms with van der Waals surface area (Å²) in [4.78, 5) is 23.9. The summed E-state index contributed by atoms with van der Waals surface area (Å²) in [7, 11) is 0. The van der Waals surface area contributed by atoms with E-state index in [1.807, 2.05) is 24.3 Å². The van der Waals surface area contributed by atoms with Crippen LogP contribution >= 0.6 is 11.5 Å². The molecule has 0 saturated carbocycles. The van der Waals surface area contributed by atoms with Crippen molar-refractivity contribution in [1.82, 2.24) is 3.96 Å². The molecule has 0 aliphatic heterocycles. The number of carbonyl (C=O) groups is 1. The second-order valence-electron chi connectivity index (χ2n) is 4.20. The van der Waals surface area contributed by atoms with E-state index in [0.717, 1.165) is 4.70 Å². The van der Waals surface area contributed by atoms with Crippen molar-refractivity contribution in [3.8, 4) is 0 Å². The molecule has 0 unspecified atom stereocenters. The van der Waals surface area contributed by atoms with Crippen molar-refractivity contribution in [2.45, 2.75) is 6.73 Å². The van der Waals surface area contributed by atoms with Gasteiger partial charge in [-0.25, -0.2) is 8.75 Å². The minimum Gasteiger partial charge on any atom is -0.439 e. The number of rotatable bonds is 3. The minimum absolute atomic E-state index is 0.0636. The van der Waals surface area contributed by atoms with Crippen molar-refractivity contribution in [1.29, 1.82) is 0 Å². The topological polar surface area (TPSA) is 48.3 Å². The van der Waals surface area contributed by atoms with Crippen LogP contribution in [0.5, 0.6) is 0 Å². The van der Waals surface area contributed by atoms with Crippen molar-refractivity contribution >= 4 is 27.6 Å². The molecule has 0 aliphatic carbocycles. The Morgan fingerprint density at radius 1 is 1.05 bits per heavy atom. The van der Waals surface area contributed by atoms with Gasteiger partial charge in [0.05, 0.1) is 15.6 Å². The standard InChI is InChI=1S/C15H11NO3S/c17-14-12-8-4-5-9-13(12)20-16(14)10-19-15(18)11-6-2-1-3-7-11/h1-9H,10H2. The molecule has 4 nitrogen and oxygen atoms in total. The summed E-state index contributed by atoms with van der Waals surface area (Å²) in [6.07, 6.45) is 0. The Labute approximate surface area is 119 Å². The fourth-order valence-corrected chi connectivity index (χ4v) is 2.79. The zero-order valence-electron chi connectivity index (χ0n) is 10.5. The molecule has 20 heavy (non-hydrogen) atoms. The zero-order valence-corrected chi connectivity index (χ0v) is 11.3. The maximum absolute atomic E-state index is 12.1. The molecule has 2 aromatic carbocycles. The molecule has 0 bridgehead atoms. The van der Waals surface area contributed by atoms with Crippen LogP contribution in [0.2, 0.25) is 0 Å². The average molecular weight is 285 g/mol. The molecule has 0 radical (unpaired) electrons. The lowest BCUT2D eigenvalue weighted by molar-refractivity contribution is 0.0385. The van der Waals surface area contributed by atoms with Crippen LogP contribution in [0.3, 0.4) is 0 Å². The lowest BCUT2D eigenvalue weighted by Gasteiger charge is -2.03. The highest BCUT2D eigenvalue weighted by Crippen LogP contribution is 2.16. The van der Waals surface area contributed by atoms with Crippen molar-refractivity contribution in [2.24, 2.45) is 0 Å². The first-order chi connectivity index (χ1) is 9.75. The van der Waals surface area contributed by atoms with Crippen LogP contribution in [-0.4, -0.2) is 9.93 Å². The third-order valence-corrected chi connectivity index (χ3v) is 3.92. The number of hydrogen-bond donors (Lipinski definition) is 0. The summed E-state index contributed by atoms with van der Waals surface area (Å²) >= 11 is 1.29. The van der Waals surface area contributed by atoms with Crippen LogP contribution in [0.1, 0.15) is 10.4 Å². The summed E-state index contributed by atoms with van der Waals surface area (Å²) in [6.45, 7) is -0.0636. The highest BCUT2D eigenvalue weighted by Gasteiger charge is 2.10. The molecule has 1 aromatic heterocycles. The Morgan fingerprint density at radius 2 is 1.75 bits per heavy atom. The van der Waals surface area contributed by atoms with Gasteiger partial charge in [-0.1, -0.05) is 41.9 Å². The minimum atomic E-state index is -0.435. The molecule has 0 amide bonds. The highest BCUT2D eigenvalue weighted by atomic mass is 32.1. The van der Waals surface area contributed by atoms with Crippen LogP contribution in [-0.2, 0) is 11.5 Å². The van der Waals surface area contributed by atoms with Gasteiger partial charge in [0.15, 0.2) is 6.73 Å². The van der Waals surface area contributed by atoms with E-state index in [9.17, 15) is 9.59 Å². The molecule has 0 aliphatic rings. The van der Waals surface area contributed by atoms with E-state index in [1.54, 1.807) is 30.3 Å². The van der Waals surface area contributed by atoms with E-state index >= 15 is 0 Å². The monoisotopic (exact) mass is 285 g/mol. The largest absolute Gasteiger partial charge is 0.439 e. The Balaban J connectivity index is 1.79. The molecule has 3 aromatic rings. The predicted molar refractivity (Wildman–Crippen MR) is 77.9 cm³/mol. The Bertz CT molecular complexity index is 805. The smallest absolute Gasteiger partial charge is 0.339 e. The number of hydrogen-bond acceptors (Lipinski definition) is 4. The van der Waals surface area contributed by atoms with Gasteiger partial charge in [-0.2, -0.15) is 0 Å². The summed E-state index contributed by atoms with van der Waals surface area (Å²) in [6, 6.07) is 16.0. The summed E-state index contributed by atoms with van der Waals surface area (Å²) in [5, 5.41) is 0.647. The predicted octanol–water partition coefficient (Wildman–Crippen LogP) is 2.88. The first-order valence-electron chi connectivity index (χ1n) is 6.07. The molecule has 0 saturated heterocycles. The molecule has 0 atom stereocenters. The highest BCUT2D eigenvalue weighted by molar-refractivity contribution is 7.13. The fourth-order valence-electron chi connectivity index (χ4n) is 1.88. The van der Waals surface area contributed by atoms with Crippen LogP contribution in [0.15, 0.2) is 59.4 Å². The molecule has 0 N–H and O–H groups in total. The van der Waals surface area contributed by atoms with Crippen LogP contribution in [0.25, 0.3) is 10.1 Å². The number of carbonyl (C=O) groups excluding carboxylic acids is 1. The van der Waals surface area contributed by atoms with Gasteiger partial charge in [0, 0.05) is 0 Å². The molecule has 1 heterocycles. The normalized spacial score (nSPS) is 10.6. The number of benzene rings is 2. The maximum atomic E-state index is 12.1. The number of ether oxygens (including phenoxy) is 1. The van der Waals surface area contributed by atoms with Crippen molar-refractivity contribution in [2.75, 3.05) is 0 Å². The van der Waals surface area contributed by atoms with Gasteiger partial charge in [0.2, 0.25) is 0 Å². The third-order valence-electron chi connectivity index (χ3n) is 2.87. The van der Waals surface area contributed by atoms with Crippen LogP contribution < -0.4 is 5.56 Å². The van der Waals surface area contributed by atoms with Crippen molar-refractivity contribution in [3.05, 3.63) is 70.5 Å². The number of aromatic nitrogens is 1. The molecular formula is C15H11NO3S. The van der Waals surface area contributed by atoms with Gasteiger partial charge in [0.25, 0.3) is 5.56 Å².